The minimum atomic E-state index is -5.06. The molecule has 2 aromatic carbocycles. The summed E-state index contributed by atoms with van der Waals surface area (Å²) in [5, 5.41) is 10.9. The number of carbonyl (C=O) groups is 1. The molecule has 0 aliphatic heterocycles. The number of hydrogen-bond acceptors (Lipinski definition) is 4. The van der Waals surface area contributed by atoms with Crippen molar-refractivity contribution in [3.05, 3.63) is 59.2 Å². The quantitative estimate of drug-likeness (QED) is 0.791. The summed E-state index contributed by atoms with van der Waals surface area (Å²) in [5.74, 6) is -5.55. The van der Waals surface area contributed by atoms with Gasteiger partial charge in [0.05, 0.1) is 22.1 Å². The van der Waals surface area contributed by atoms with E-state index in [1.54, 1.807) is 6.07 Å². The number of anilines is 1. The lowest BCUT2D eigenvalue weighted by molar-refractivity contribution is -0.106. The zero-order valence-corrected chi connectivity index (χ0v) is 14.0. The minimum absolute atomic E-state index is 0.198. The van der Waals surface area contributed by atoms with Gasteiger partial charge in [-0.05, 0) is 30.3 Å². The van der Waals surface area contributed by atoms with Crippen LogP contribution in [0.15, 0.2) is 41.3 Å². The number of rotatable bonds is 4. The molecule has 0 aliphatic rings. The van der Waals surface area contributed by atoms with Crippen LogP contribution in [0.2, 0.25) is 0 Å². The number of benzene rings is 2. The SMILES string of the molecule is N#Cc1ccc(S(=O)(=O)CC(F)(F)F)c(C(=O)Nc2cc(F)cc(F)c2)c1. The fourth-order valence-electron chi connectivity index (χ4n) is 2.17. The number of amides is 1. The first-order valence-electron chi connectivity index (χ1n) is 7.02. The van der Waals surface area contributed by atoms with Crippen molar-refractivity contribution in [2.45, 2.75) is 11.1 Å². The van der Waals surface area contributed by atoms with Crippen LogP contribution in [0.5, 0.6) is 0 Å². The van der Waals surface area contributed by atoms with Crippen molar-refractivity contribution in [3.63, 3.8) is 0 Å². The molecule has 0 bridgehead atoms. The van der Waals surface area contributed by atoms with Crippen LogP contribution in [0.3, 0.4) is 0 Å². The van der Waals surface area contributed by atoms with Crippen LogP contribution >= 0.6 is 0 Å². The number of carbonyl (C=O) groups excluding carboxylic acids is 1. The summed E-state index contributed by atoms with van der Waals surface area (Å²) >= 11 is 0. The molecule has 1 amide bonds. The van der Waals surface area contributed by atoms with Crippen LogP contribution in [0.4, 0.5) is 27.6 Å². The van der Waals surface area contributed by atoms with Gasteiger partial charge in [-0.25, -0.2) is 17.2 Å². The van der Waals surface area contributed by atoms with E-state index in [1.165, 1.54) is 0 Å². The molecular weight excluding hydrogens is 395 g/mol. The van der Waals surface area contributed by atoms with Crippen molar-refractivity contribution in [1.82, 2.24) is 0 Å². The van der Waals surface area contributed by atoms with E-state index in [0.717, 1.165) is 24.3 Å². The molecule has 5 nitrogen and oxygen atoms in total. The topological polar surface area (TPSA) is 87.0 Å². The lowest BCUT2D eigenvalue weighted by Crippen LogP contribution is -2.25. The van der Waals surface area contributed by atoms with E-state index < -0.39 is 49.8 Å². The Hall–Kier alpha value is -3.00. The van der Waals surface area contributed by atoms with E-state index in [9.17, 15) is 35.2 Å². The third kappa shape index (κ3) is 5.24. The van der Waals surface area contributed by atoms with E-state index in [4.69, 9.17) is 5.26 Å². The molecule has 0 saturated heterocycles. The molecule has 2 rings (SSSR count). The third-order valence-electron chi connectivity index (χ3n) is 3.16. The van der Waals surface area contributed by atoms with Gasteiger partial charge in [0.2, 0.25) is 0 Å². The number of nitriles is 1. The molecule has 1 N–H and O–H groups in total. The normalized spacial score (nSPS) is 11.7. The summed E-state index contributed by atoms with van der Waals surface area (Å²) in [5.41, 5.74) is -1.35. The Morgan fingerprint density at radius 2 is 1.67 bits per heavy atom. The summed E-state index contributed by atoms with van der Waals surface area (Å²) in [6, 6.07) is 5.98. The van der Waals surface area contributed by atoms with Gasteiger partial charge >= 0.3 is 6.18 Å². The van der Waals surface area contributed by atoms with Gasteiger partial charge in [0.1, 0.15) is 11.6 Å². The maximum atomic E-state index is 13.2. The highest BCUT2D eigenvalue weighted by Crippen LogP contribution is 2.26. The molecule has 2 aromatic rings. The monoisotopic (exact) mass is 404 g/mol. The van der Waals surface area contributed by atoms with Crippen molar-refractivity contribution < 1.29 is 35.2 Å². The Balaban J connectivity index is 2.51. The van der Waals surface area contributed by atoms with Crippen molar-refractivity contribution >= 4 is 21.4 Å². The second kappa shape index (κ2) is 7.32. The second-order valence-corrected chi connectivity index (χ2v) is 7.27. The maximum absolute atomic E-state index is 13.2. The van der Waals surface area contributed by atoms with Crippen LogP contribution in [0, 0.1) is 23.0 Å². The Kier molecular flexibility index (Phi) is 5.51. The minimum Gasteiger partial charge on any atom is -0.322 e. The average molecular weight is 404 g/mol. The maximum Gasteiger partial charge on any atom is 0.403 e. The Morgan fingerprint density at radius 1 is 1.07 bits per heavy atom. The van der Waals surface area contributed by atoms with Gasteiger partial charge in [-0.15, -0.1) is 0 Å². The zero-order chi connectivity index (χ0) is 20.4. The first-order valence-corrected chi connectivity index (χ1v) is 8.67. The van der Waals surface area contributed by atoms with Crippen molar-refractivity contribution in [2.75, 3.05) is 11.1 Å². The van der Waals surface area contributed by atoms with Crippen molar-refractivity contribution in [2.24, 2.45) is 0 Å². The molecule has 0 aromatic heterocycles. The molecular formula is C16H9F5N2O3S. The van der Waals surface area contributed by atoms with E-state index in [-0.39, 0.29) is 11.3 Å². The number of nitrogens with one attached hydrogen (secondary N) is 1. The molecule has 0 atom stereocenters. The first-order chi connectivity index (χ1) is 12.4. The van der Waals surface area contributed by atoms with Crippen LogP contribution < -0.4 is 5.32 Å². The largest absolute Gasteiger partial charge is 0.403 e. The smallest absolute Gasteiger partial charge is 0.322 e. The molecule has 27 heavy (non-hydrogen) atoms. The Labute approximate surface area is 150 Å². The summed E-state index contributed by atoms with van der Waals surface area (Å²) < 4.78 is 88.1. The Morgan fingerprint density at radius 3 is 2.19 bits per heavy atom. The van der Waals surface area contributed by atoms with E-state index in [0.29, 0.717) is 12.1 Å². The zero-order valence-electron chi connectivity index (χ0n) is 13.1. The van der Waals surface area contributed by atoms with Crippen molar-refractivity contribution in [1.29, 1.82) is 5.26 Å². The van der Waals surface area contributed by atoms with Gasteiger partial charge in [0, 0.05) is 11.8 Å². The fraction of sp³-hybridized carbons (Fsp3) is 0.125. The van der Waals surface area contributed by atoms with Crippen LogP contribution in [0.25, 0.3) is 0 Å². The van der Waals surface area contributed by atoms with Crippen LogP contribution in [-0.2, 0) is 9.84 Å². The van der Waals surface area contributed by atoms with E-state index in [1.807, 2.05) is 5.32 Å². The molecule has 0 fully saturated rings. The van der Waals surface area contributed by atoms with Gasteiger partial charge in [0.25, 0.3) is 5.91 Å². The van der Waals surface area contributed by atoms with E-state index >= 15 is 0 Å². The lowest BCUT2D eigenvalue weighted by Gasteiger charge is -2.13. The average Bonchev–Trinajstić information content (AvgIpc) is 2.50. The number of sulfone groups is 1. The molecule has 0 heterocycles. The van der Waals surface area contributed by atoms with Gasteiger partial charge in [-0.2, -0.15) is 18.4 Å². The third-order valence-corrected chi connectivity index (χ3v) is 4.90. The highest BCUT2D eigenvalue weighted by atomic mass is 32.2. The number of alkyl halides is 3. The van der Waals surface area contributed by atoms with Gasteiger partial charge in [0.15, 0.2) is 15.6 Å². The predicted molar refractivity (Wildman–Crippen MR) is 83.6 cm³/mol. The predicted octanol–water partition coefficient (Wildman–Crippen LogP) is 3.42. The van der Waals surface area contributed by atoms with Gasteiger partial charge < -0.3 is 5.32 Å². The summed E-state index contributed by atoms with van der Waals surface area (Å²) in [4.78, 5) is 11.4. The summed E-state index contributed by atoms with van der Waals surface area (Å²) in [6.45, 7) is 0. The molecule has 0 unspecified atom stereocenters. The molecule has 0 saturated carbocycles. The van der Waals surface area contributed by atoms with Crippen LogP contribution in [0.1, 0.15) is 15.9 Å². The highest BCUT2D eigenvalue weighted by molar-refractivity contribution is 7.91. The molecule has 0 aliphatic carbocycles. The van der Waals surface area contributed by atoms with Crippen molar-refractivity contribution in [3.8, 4) is 6.07 Å². The van der Waals surface area contributed by atoms with Gasteiger partial charge in [-0.1, -0.05) is 0 Å². The number of hydrogen-bond donors (Lipinski definition) is 1. The molecule has 0 radical (unpaired) electrons. The fourth-order valence-corrected chi connectivity index (χ4v) is 3.51. The van der Waals surface area contributed by atoms with Crippen LogP contribution in [-0.4, -0.2) is 26.3 Å². The summed E-state index contributed by atoms with van der Waals surface area (Å²) in [6.07, 6.45) is -5.06. The second-order valence-electron chi connectivity index (χ2n) is 5.31. The van der Waals surface area contributed by atoms with Gasteiger partial charge in [-0.3, -0.25) is 4.79 Å². The molecule has 142 valence electrons. The lowest BCUT2D eigenvalue weighted by atomic mass is 10.1. The molecule has 0 spiro atoms. The number of nitrogens with zero attached hydrogens (tertiary/aromatic N) is 1. The summed E-state index contributed by atoms with van der Waals surface area (Å²) in [7, 11) is -4.97. The highest BCUT2D eigenvalue weighted by Gasteiger charge is 2.37. The Bertz CT molecular complexity index is 1020. The standard InChI is InChI=1S/C16H9F5N2O3S/c17-10-4-11(18)6-12(5-10)23-15(24)13-3-9(7-22)1-2-14(13)27(25,26)8-16(19,20)21/h1-6H,8H2,(H,23,24). The first kappa shape index (κ1) is 20.3. The van der Waals surface area contributed by atoms with E-state index in [2.05, 4.69) is 0 Å². The molecule has 11 heteroatoms. The number of halogens is 5.